The van der Waals surface area contributed by atoms with Crippen molar-refractivity contribution < 1.29 is 46.8 Å². The maximum absolute atomic E-state index is 13.5. The van der Waals surface area contributed by atoms with Gasteiger partial charge in [0.25, 0.3) is 0 Å². The maximum atomic E-state index is 13.5. The maximum Gasteiger partial charge on any atom is 0.345 e. The fraction of sp³-hybridized carbons (Fsp3) is 0.233. The molecule has 2 amide bonds. The molecule has 17 heteroatoms. The Morgan fingerprint density at radius 3 is 2.25 bits per heavy atom. The van der Waals surface area contributed by atoms with Crippen LogP contribution in [0.3, 0.4) is 0 Å². The second-order valence-corrected chi connectivity index (χ2v) is 17.2. The molecule has 60 heavy (non-hydrogen) atoms. The Morgan fingerprint density at radius 2 is 1.55 bits per heavy atom. The lowest BCUT2D eigenvalue weighted by Gasteiger charge is -2.24. The van der Waals surface area contributed by atoms with Gasteiger partial charge in [0.1, 0.15) is 40.3 Å². The number of carbonyl (C=O) groups excluding carboxylic acids is 1. The van der Waals surface area contributed by atoms with Gasteiger partial charge in [-0.15, -0.1) is 11.3 Å². The number of carboxylic acids is 1. The Labute approximate surface area is 351 Å². The number of sulfonamides is 1. The number of benzene rings is 4. The average Bonchev–Trinajstić information content (AvgIpc) is 3.67. The average molecular weight is 856 g/mol. The van der Waals surface area contributed by atoms with Gasteiger partial charge in [-0.3, -0.25) is 4.72 Å². The molecule has 0 atom stereocenters. The molecular weight excluding hydrogens is 811 g/mol. The second-order valence-electron chi connectivity index (χ2n) is 14.5. The first-order valence-electron chi connectivity index (χ1n) is 18.5. The second kappa shape index (κ2) is 18.6. The molecule has 15 nitrogen and oxygen atoms in total. The fourth-order valence-corrected chi connectivity index (χ4v) is 7.32. The van der Waals surface area contributed by atoms with Gasteiger partial charge in [0, 0.05) is 46.9 Å². The summed E-state index contributed by atoms with van der Waals surface area (Å²) in [6.45, 7) is 6.75. The van der Waals surface area contributed by atoms with Gasteiger partial charge < -0.3 is 44.7 Å². The van der Waals surface area contributed by atoms with Crippen LogP contribution in [0.2, 0.25) is 0 Å². The Bertz CT molecular complexity index is 2630. The first-order chi connectivity index (χ1) is 28.6. The van der Waals surface area contributed by atoms with Crippen molar-refractivity contribution in [2.45, 2.75) is 32.8 Å². The van der Waals surface area contributed by atoms with Gasteiger partial charge in [0.15, 0.2) is 5.75 Å². The zero-order valence-corrected chi connectivity index (χ0v) is 35.4. The minimum Gasteiger partial charge on any atom is -0.497 e. The smallest absolute Gasteiger partial charge is 0.345 e. The monoisotopic (exact) mass is 855 g/mol. The minimum absolute atomic E-state index is 0.163. The highest BCUT2D eigenvalue weighted by Crippen LogP contribution is 2.40. The number of thiophene rings is 1. The summed E-state index contributed by atoms with van der Waals surface area (Å²) >= 11 is 1.16. The molecule has 0 aliphatic rings. The van der Waals surface area contributed by atoms with Crippen LogP contribution in [0.1, 0.15) is 41.6 Å². The third-order valence-electron chi connectivity index (χ3n) is 8.81. The van der Waals surface area contributed by atoms with Crippen LogP contribution in [-0.2, 0) is 26.8 Å². The van der Waals surface area contributed by atoms with E-state index in [-0.39, 0.29) is 47.2 Å². The van der Waals surface area contributed by atoms with Gasteiger partial charge in [0.2, 0.25) is 10.0 Å². The van der Waals surface area contributed by atoms with E-state index in [1.165, 1.54) is 7.11 Å². The van der Waals surface area contributed by atoms with Crippen LogP contribution in [-0.4, -0.2) is 64.2 Å². The molecule has 0 aliphatic heterocycles. The van der Waals surface area contributed by atoms with E-state index in [2.05, 4.69) is 25.7 Å². The van der Waals surface area contributed by atoms with E-state index in [1.807, 2.05) is 45.0 Å². The summed E-state index contributed by atoms with van der Waals surface area (Å²) in [5, 5.41) is 21.3. The summed E-state index contributed by atoms with van der Waals surface area (Å²) < 4.78 is 55.9. The highest BCUT2D eigenvalue weighted by Gasteiger charge is 2.23. The van der Waals surface area contributed by atoms with Gasteiger partial charge in [-0.05, 0) is 58.3 Å². The number of hydrogen-bond acceptors (Lipinski definition) is 12. The molecule has 0 unspecified atom stereocenters. The third kappa shape index (κ3) is 11.3. The van der Waals surface area contributed by atoms with Crippen molar-refractivity contribution in [2.75, 3.05) is 54.4 Å². The van der Waals surface area contributed by atoms with Gasteiger partial charge in [-0.1, -0.05) is 45.0 Å². The molecular formula is C43H45N5O10S2. The Balaban J connectivity index is 1.13. The number of aromatic nitrogens is 1. The number of aromatic carboxylic acids is 1. The summed E-state index contributed by atoms with van der Waals surface area (Å²) in [4.78, 5) is 29.4. The molecule has 0 radical (unpaired) electrons. The van der Waals surface area contributed by atoms with Crippen LogP contribution in [0.4, 0.5) is 33.4 Å². The molecule has 6 aromatic rings. The van der Waals surface area contributed by atoms with Crippen molar-refractivity contribution >= 4 is 72.7 Å². The van der Waals surface area contributed by atoms with Crippen molar-refractivity contribution in [1.29, 1.82) is 0 Å². The Hall–Kier alpha value is -6.56. The fourth-order valence-electron chi connectivity index (χ4n) is 6.03. The SMILES string of the molecule is COc1cc(Nc2cc(Oc3ccc(NC(=O)Nc4cc(C(C)(C)C)cc(NS(C)(=O)=O)c4OC)c4ccccc34)ccn2)cc(OCCOCc2csc(C(=O)O)c2)c1. The number of nitrogens with one attached hydrogen (secondary N) is 4. The molecule has 0 saturated carbocycles. The van der Waals surface area contributed by atoms with Crippen LogP contribution in [0.5, 0.6) is 28.7 Å². The number of hydrogen-bond donors (Lipinski definition) is 5. The van der Waals surface area contributed by atoms with E-state index in [0.29, 0.717) is 45.6 Å². The Morgan fingerprint density at radius 1 is 0.817 bits per heavy atom. The first kappa shape index (κ1) is 43.0. The van der Waals surface area contributed by atoms with Crippen molar-refractivity contribution in [3.05, 3.63) is 113 Å². The number of fused-ring (bicyclic) bond motifs is 1. The van der Waals surface area contributed by atoms with Crippen molar-refractivity contribution in [3.8, 4) is 28.7 Å². The zero-order valence-electron chi connectivity index (χ0n) is 33.7. The van der Waals surface area contributed by atoms with E-state index in [0.717, 1.165) is 34.1 Å². The molecule has 0 fully saturated rings. The first-order valence-corrected chi connectivity index (χ1v) is 21.3. The Kier molecular flexibility index (Phi) is 13.3. The number of nitrogens with zero attached hydrogens (tertiary/aromatic N) is 1. The zero-order chi connectivity index (χ0) is 43.0. The molecule has 4 aromatic carbocycles. The normalized spacial score (nSPS) is 11.4. The quantitative estimate of drug-likeness (QED) is 0.0546. The van der Waals surface area contributed by atoms with Gasteiger partial charge >= 0.3 is 12.0 Å². The number of carboxylic acid groups (broad SMARTS) is 1. The molecule has 2 aromatic heterocycles. The van der Waals surface area contributed by atoms with E-state index in [4.69, 9.17) is 28.8 Å². The third-order valence-corrected chi connectivity index (χ3v) is 10.4. The number of pyridine rings is 1. The molecule has 0 aliphatic carbocycles. The molecule has 0 saturated heterocycles. The van der Waals surface area contributed by atoms with Crippen molar-refractivity contribution in [3.63, 3.8) is 0 Å². The van der Waals surface area contributed by atoms with Crippen LogP contribution in [0.15, 0.2) is 96.5 Å². The van der Waals surface area contributed by atoms with Gasteiger partial charge in [0.05, 0.1) is 50.8 Å². The highest BCUT2D eigenvalue weighted by atomic mass is 32.2. The van der Waals surface area contributed by atoms with Gasteiger partial charge in [-0.2, -0.15) is 0 Å². The summed E-state index contributed by atoms with van der Waals surface area (Å²) in [5.41, 5.74) is 2.84. The summed E-state index contributed by atoms with van der Waals surface area (Å²) in [7, 11) is -0.692. The van der Waals surface area contributed by atoms with Crippen LogP contribution in [0, 0.1) is 0 Å². The molecule has 0 spiro atoms. The minimum atomic E-state index is -3.65. The van der Waals surface area contributed by atoms with Crippen molar-refractivity contribution in [1.82, 2.24) is 4.98 Å². The molecule has 6 rings (SSSR count). The predicted octanol–water partition coefficient (Wildman–Crippen LogP) is 9.46. The molecule has 2 heterocycles. The summed E-state index contributed by atoms with van der Waals surface area (Å²) in [6.07, 6.45) is 2.66. The van der Waals surface area contributed by atoms with Crippen LogP contribution >= 0.6 is 11.3 Å². The number of methoxy groups -OCH3 is 2. The number of ether oxygens (including phenoxy) is 5. The van der Waals surface area contributed by atoms with E-state index in [1.54, 1.807) is 79.4 Å². The number of urea groups is 1. The van der Waals surface area contributed by atoms with E-state index < -0.39 is 22.0 Å². The molecule has 5 N–H and O–H groups in total. The lowest BCUT2D eigenvalue weighted by atomic mass is 9.86. The predicted molar refractivity (Wildman–Crippen MR) is 234 cm³/mol. The summed E-state index contributed by atoms with van der Waals surface area (Å²) in [6, 6.07) is 24.2. The molecule has 314 valence electrons. The number of carbonyl (C=O) groups is 2. The lowest BCUT2D eigenvalue weighted by molar-refractivity contribution is 0.0701. The van der Waals surface area contributed by atoms with E-state index >= 15 is 0 Å². The topological polar surface area (TPSA) is 196 Å². The summed E-state index contributed by atoms with van der Waals surface area (Å²) in [5.74, 6) is 1.82. The lowest BCUT2D eigenvalue weighted by Crippen LogP contribution is -2.22. The highest BCUT2D eigenvalue weighted by molar-refractivity contribution is 7.92. The van der Waals surface area contributed by atoms with Crippen molar-refractivity contribution in [2.24, 2.45) is 0 Å². The van der Waals surface area contributed by atoms with Crippen LogP contribution in [0.25, 0.3) is 10.8 Å². The largest absolute Gasteiger partial charge is 0.497 e. The molecule has 0 bridgehead atoms. The van der Waals surface area contributed by atoms with E-state index in [9.17, 15) is 18.0 Å². The number of anilines is 5. The number of rotatable bonds is 17. The standard InChI is InChI=1S/C43H45N5O10S2/c1-43(2,3)27-18-35(40(55-5)36(19-27)48-60(6,52)53)47-42(51)46-34-11-12-37(33-10-8-7-9-32(33)34)58-29-13-14-44-39(23-29)45-28-20-30(54-4)22-31(21-28)57-16-15-56-24-26-17-38(41(49)50)59-25-26/h7-14,17-23,25,48H,15-16,24H2,1-6H3,(H,44,45)(H,49,50)(H2,46,47,51). The van der Waals surface area contributed by atoms with Gasteiger partial charge in [-0.25, -0.2) is 23.0 Å². The van der Waals surface area contributed by atoms with Crippen LogP contribution < -0.4 is 39.6 Å². The number of amides is 2.